The molecule has 0 fully saturated rings. The fraction of sp³-hybridized carbons (Fsp3) is 0.231. The molecule has 18 heavy (non-hydrogen) atoms. The molecule has 0 aromatic carbocycles. The Labute approximate surface area is 104 Å². The Balaban J connectivity index is 2.39. The molecule has 5 nitrogen and oxygen atoms in total. The number of rotatable bonds is 4. The van der Waals surface area contributed by atoms with Gasteiger partial charge in [0.25, 0.3) is 0 Å². The number of nitrogens with zero attached hydrogens (tertiary/aromatic N) is 1. The van der Waals surface area contributed by atoms with Crippen LogP contribution >= 0.6 is 0 Å². The summed E-state index contributed by atoms with van der Waals surface area (Å²) in [5.74, 6) is 0.268. The van der Waals surface area contributed by atoms with Crippen LogP contribution in [0, 0.1) is 0 Å². The number of nitrogens with one attached hydrogen (secondary N) is 1. The number of carbonyl (C=O) groups is 2. The SMILES string of the molecule is COc1cccn2ccc(C(=O)CNC(C)=O)c12. The Morgan fingerprint density at radius 2 is 2.11 bits per heavy atom. The van der Waals surface area contributed by atoms with Crippen LogP contribution in [0.25, 0.3) is 5.52 Å². The van der Waals surface area contributed by atoms with Crippen LogP contribution in [0.5, 0.6) is 5.75 Å². The Hall–Kier alpha value is -2.30. The molecule has 0 saturated carbocycles. The van der Waals surface area contributed by atoms with Crippen LogP contribution in [-0.4, -0.2) is 29.7 Å². The molecule has 94 valence electrons. The van der Waals surface area contributed by atoms with Crippen molar-refractivity contribution in [2.75, 3.05) is 13.7 Å². The summed E-state index contributed by atoms with van der Waals surface area (Å²) in [6.45, 7) is 1.37. The molecule has 0 aliphatic heterocycles. The largest absolute Gasteiger partial charge is 0.495 e. The molecule has 2 aromatic heterocycles. The van der Waals surface area contributed by atoms with E-state index in [0.29, 0.717) is 11.3 Å². The van der Waals surface area contributed by atoms with Crippen LogP contribution in [0.3, 0.4) is 0 Å². The van der Waals surface area contributed by atoms with E-state index < -0.39 is 0 Å². The number of ketones is 1. The van der Waals surface area contributed by atoms with E-state index in [-0.39, 0.29) is 18.2 Å². The molecule has 5 heteroatoms. The van der Waals surface area contributed by atoms with Gasteiger partial charge in [0.05, 0.1) is 19.2 Å². The lowest BCUT2D eigenvalue weighted by Gasteiger charge is -2.06. The number of carbonyl (C=O) groups excluding carboxylic acids is 2. The average Bonchev–Trinajstić information content (AvgIpc) is 2.79. The second kappa shape index (κ2) is 4.91. The normalized spacial score (nSPS) is 10.3. The lowest BCUT2D eigenvalue weighted by molar-refractivity contribution is -0.118. The van der Waals surface area contributed by atoms with Crippen molar-refractivity contribution in [3.8, 4) is 5.75 Å². The van der Waals surface area contributed by atoms with Crippen molar-refractivity contribution < 1.29 is 14.3 Å². The third kappa shape index (κ3) is 2.20. The van der Waals surface area contributed by atoms with Gasteiger partial charge >= 0.3 is 0 Å². The molecule has 2 aromatic rings. The van der Waals surface area contributed by atoms with Gasteiger partial charge in [0.2, 0.25) is 5.91 Å². The molecular formula is C13H14N2O3. The molecule has 1 amide bonds. The maximum absolute atomic E-state index is 12.0. The third-order valence-corrected chi connectivity index (χ3v) is 2.66. The summed E-state index contributed by atoms with van der Waals surface area (Å²) in [6, 6.07) is 5.36. The quantitative estimate of drug-likeness (QED) is 0.826. The highest BCUT2D eigenvalue weighted by Gasteiger charge is 2.14. The second-order valence-electron chi connectivity index (χ2n) is 3.89. The minimum Gasteiger partial charge on any atom is -0.495 e. The molecule has 0 atom stereocenters. The van der Waals surface area contributed by atoms with Gasteiger partial charge in [-0.15, -0.1) is 0 Å². The van der Waals surface area contributed by atoms with Gasteiger partial charge in [-0.1, -0.05) is 0 Å². The van der Waals surface area contributed by atoms with Gasteiger partial charge in [-0.3, -0.25) is 9.59 Å². The van der Waals surface area contributed by atoms with E-state index >= 15 is 0 Å². The molecule has 0 unspecified atom stereocenters. The molecule has 0 spiro atoms. The molecule has 1 N–H and O–H groups in total. The van der Waals surface area contributed by atoms with Crippen molar-refractivity contribution in [1.82, 2.24) is 9.72 Å². The summed E-state index contributed by atoms with van der Waals surface area (Å²) >= 11 is 0. The highest BCUT2D eigenvalue weighted by atomic mass is 16.5. The highest BCUT2D eigenvalue weighted by Crippen LogP contribution is 2.24. The first kappa shape index (κ1) is 12.2. The number of pyridine rings is 1. The number of aromatic nitrogens is 1. The van der Waals surface area contributed by atoms with Crippen molar-refractivity contribution >= 4 is 17.2 Å². The van der Waals surface area contributed by atoms with Crippen molar-refractivity contribution in [2.45, 2.75) is 6.92 Å². The van der Waals surface area contributed by atoms with E-state index in [9.17, 15) is 9.59 Å². The van der Waals surface area contributed by atoms with Gasteiger partial charge in [-0.2, -0.15) is 0 Å². The zero-order valence-corrected chi connectivity index (χ0v) is 10.3. The minimum absolute atomic E-state index is 0.00689. The minimum atomic E-state index is -0.223. The van der Waals surface area contributed by atoms with Crippen molar-refractivity contribution in [2.24, 2.45) is 0 Å². The smallest absolute Gasteiger partial charge is 0.217 e. The Morgan fingerprint density at radius 1 is 1.33 bits per heavy atom. The fourth-order valence-electron chi connectivity index (χ4n) is 1.82. The molecule has 2 rings (SSSR count). The third-order valence-electron chi connectivity index (χ3n) is 2.66. The number of Topliss-reactive ketones (excluding diaryl/α,β-unsaturated/α-hetero) is 1. The van der Waals surface area contributed by atoms with Gasteiger partial charge in [0.1, 0.15) is 5.75 Å². The van der Waals surface area contributed by atoms with Gasteiger partial charge in [-0.25, -0.2) is 0 Å². The van der Waals surface area contributed by atoms with Gasteiger partial charge in [0, 0.05) is 24.9 Å². The van der Waals surface area contributed by atoms with Crippen LogP contribution in [0.2, 0.25) is 0 Å². The predicted molar refractivity (Wildman–Crippen MR) is 67.0 cm³/mol. The zero-order chi connectivity index (χ0) is 13.1. The first-order valence-corrected chi connectivity index (χ1v) is 5.55. The number of hydrogen-bond acceptors (Lipinski definition) is 3. The van der Waals surface area contributed by atoms with Crippen LogP contribution in [0.15, 0.2) is 30.6 Å². The van der Waals surface area contributed by atoms with Gasteiger partial charge in [-0.05, 0) is 18.2 Å². The summed E-state index contributed by atoms with van der Waals surface area (Å²) < 4.78 is 7.06. The Morgan fingerprint density at radius 3 is 2.78 bits per heavy atom. The summed E-state index contributed by atoms with van der Waals surface area (Å²) in [7, 11) is 1.56. The van der Waals surface area contributed by atoms with Crippen molar-refractivity contribution in [1.29, 1.82) is 0 Å². The zero-order valence-electron chi connectivity index (χ0n) is 10.3. The maximum atomic E-state index is 12.0. The van der Waals surface area contributed by atoms with Crippen LogP contribution in [-0.2, 0) is 4.79 Å². The summed E-state index contributed by atoms with van der Waals surface area (Å²) in [5.41, 5.74) is 1.26. The molecule has 0 aliphatic rings. The first-order chi connectivity index (χ1) is 8.63. The van der Waals surface area contributed by atoms with Gasteiger partial charge < -0.3 is 14.5 Å². The van der Waals surface area contributed by atoms with Crippen molar-refractivity contribution in [3.05, 3.63) is 36.2 Å². The summed E-state index contributed by atoms with van der Waals surface area (Å²) in [6.07, 6.45) is 3.63. The fourth-order valence-corrected chi connectivity index (χ4v) is 1.82. The summed E-state index contributed by atoms with van der Waals surface area (Å²) in [5, 5.41) is 2.50. The van der Waals surface area contributed by atoms with Crippen LogP contribution < -0.4 is 10.1 Å². The number of amides is 1. The van der Waals surface area contributed by atoms with Gasteiger partial charge in [0.15, 0.2) is 5.78 Å². The number of methoxy groups -OCH3 is 1. The first-order valence-electron chi connectivity index (χ1n) is 5.55. The van der Waals surface area contributed by atoms with Crippen LogP contribution in [0.1, 0.15) is 17.3 Å². The van der Waals surface area contributed by atoms with E-state index in [1.165, 1.54) is 6.92 Å². The van der Waals surface area contributed by atoms with E-state index in [4.69, 9.17) is 4.74 Å². The lowest BCUT2D eigenvalue weighted by Crippen LogP contribution is -2.27. The standard InChI is InChI=1S/C13H14N2O3/c1-9(16)14-8-11(17)10-5-7-15-6-3-4-12(18-2)13(10)15/h3-7H,8H2,1-2H3,(H,14,16). The molecule has 0 aliphatic carbocycles. The van der Waals surface area contributed by atoms with Crippen LogP contribution in [0.4, 0.5) is 0 Å². The topological polar surface area (TPSA) is 59.8 Å². The van der Waals surface area contributed by atoms with E-state index in [2.05, 4.69) is 5.32 Å². The molecule has 0 saturated heterocycles. The molecular weight excluding hydrogens is 232 g/mol. The predicted octanol–water partition coefficient (Wildman–Crippen LogP) is 1.27. The number of fused-ring (bicyclic) bond motifs is 1. The molecule has 0 bridgehead atoms. The lowest BCUT2D eigenvalue weighted by atomic mass is 10.1. The Bertz CT molecular complexity index is 601. The Kier molecular flexibility index (Phi) is 3.32. The molecule has 2 heterocycles. The summed E-state index contributed by atoms with van der Waals surface area (Å²) in [4.78, 5) is 22.8. The number of ether oxygens (including phenoxy) is 1. The number of hydrogen-bond donors (Lipinski definition) is 1. The highest BCUT2D eigenvalue weighted by molar-refractivity contribution is 6.06. The average molecular weight is 246 g/mol. The maximum Gasteiger partial charge on any atom is 0.217 e. The van der Waals surface area contributed by atoms with E-state index in [1.807, 2.05) is 16.7 Å². The van der Waals surface area contributed by atoms with E-state index in [1.54, 1.807) is 25.4 Å². The second-order valence-corrected chi connectivity index (χ2v) is 3.89. The molecule has 0 radical (unpaired) electrons. The van der Waals surface area contributed by atoms with E-state index in [0.717, 1.165) is 5.52 Å². The van der Waals surface area contributed by atoms with Crippen molar-refractivity contribution in [3.63, 3.8) is 0 Å². The monoisotopic (exact) mass is 246 g/mol.